The third kappa shape index (κ3) is 5.90. The molecule has 0 aliphatic carbocycles. The van der Waals surface area contributed by atoms with Gasteiger partial charge in [0.05, 0.1) is 7.11 Å². The Balaban J connectivity index is 1.66. The topological polar surface area (TPSA) is 59.6 Å². The molecule has 0 saturated heterocycles. The molecule has 3 aromatic rings. The maximum atomic E-state index is 11.1. The molecular weight excluding hydrogens is 388 g/mol. The van der Waals surface area contributed by atoms with E-state index < -0.39 is 0 Å². The summed E-state index contributed by atoms with van der Waals surface area (Å²) in [6.07, 6.45) is 0. The van der Waals surface area contributed by atoms with Gasteiger partial charge in [0.25, 0.3) is 0 Å². The van der Waals surface area contributed by atoms with Crippen LogP contribution in [-0.4, -0.2) is 13.0 Å². The number of hydrogen-bond donors (Lipinski definition) is 2. The van der Waals surface area contributed by atoms with Crippen molar-refractivity contribution in [2.24, 2.45) is 0 Å². The van der Waals surface area contributed by atoms with Crippen LogP contribution in [0.3, 0.4) is 0 Å². The lowest BCUT2D eigenvalue weighted by Gasteiger charge is -2.15. The molecule has 5 nitrogen and oxygen atoms in total. The Hall–Kier alpha value is -3.18. The van der Waals surface area contributed by atoms with Crippen LogP contribution in [0.15, 0.2) is 66.7 Å². The fourth-order valence-electron chi connectivity index (χ4n) is 2.79. The second-order valence-electron chi connectivity index (χ2n) is 6.48. The van der Waals surface area contributed by atoms with E-state index >= 15 is 0 Å². The average molecular weight is 411 g/mol. The molecule has 3 rings (SSSR count). The van der Waals surface area contributed by atoms with Gasteiger partial charge in [0.2, 0.25) is 5.91 Å². The van der Waals surface area contributed by atoms with Crippen LogP contribution in [0.4, 0.5) is 11.4 Å². The van der Waals surface area contributed by atoms with Crippen LogP contribution >= 0.6 is 11.6 Å². The first kappa shape index (κ1) is 20.6. The summed E-state index contributed by atoms with van der Waals surface area (Å²) >= 11 is 6.47. The molecule has 0 saturated carbocycles. The van der Waals surface area contributed by atoms with Crippen LogP contribution in [0.2, 0.25) is 5.02 Å². The molecule has 0 aliphatic heterocycles. The SMILES string of the molecule is COc1cc(CNc2ccc(NC(C)=O)cc2)c(Cl)cc1OCc1ccccc1. The number of rotatable bonds is 8. The van der Waals surface area contributed by atoms with Gasteiger partial charge in [-0.1, -0.05) is 41.9 Å². The Morgan fingerprint density at radius 3 is 2.31 bits per heavy atom. The third-order valence-corrected chi connectivity index (χ3v) is 4.61. The number of ether oxygens (including phenoxy) is 2. The fraction of sp³-hybridized carbons (Fsp3) is 0.174. The number of nitrogens with one attached hydrogen (secondary N) is 2. The largest absolute Gasteiger partial charge is 0.493 e. The van der Waals surface area contributed by atoms with Gasteiger partial charge >= 0.3 is 0 Å². The van der Waals surface area contributed by atoms with Gasteiger partial charge in [-0.25, -0.2) is 0 Å². The van der Waals surface area contributed by atoms with Crippen LogP contribution in [0.1, 0.15) is 18.1 Å². The monoisotopic (exact) mass is 410 g/mol. The molecule has 29 heavy (non-hydrogen) atoms. The Labute approximate surface area is 175 Å². The smallest absolute Gasteiger partial charge is 0.221 e. The second-order valence-corrected chi connectivity index (χ2v) is 6.89. The van der Waals surface area contributed by atoms with Gasteiger partial charge in [-0.15, -0.1) is 0 Å². The van der Waals surface area contributed by atoms with Crippen molar-refractivity contribution in [3.05, 3.63) is 82.9 Å². The predicted molar refractivity (Wildman–Crippen MR) is 117 cm³/mol. The van der Waals surface area contributed by atoms with Gasteiger partial charge in [0.15, 0.2) is 11.5 Å². The summed E-state index contributed by atoms with van der Waals surface area (Å²) < 4.78 is 11.4. The predicted octanol–water partition coefficient (Wildman–Crippen LogP) is 5.50. The van der Waals surface area contributed by atoms with Crippen molar-refractivity contribution in [1.29, 1.82) is 0 Å². The Morgan fingerprint density at radius 2 is 1.66 bits per heavy atom. The molecule has 150 valence electrons. The van der Waals surface area contributed by atoms with Crippen molar-refractivity contribution in [3.8, 4) is 11.5 Å². The molecular formula is C23H23ClN2O3. The van der Waals surface area contributed by atoms with Gasteiger partial charge in [0.1, 0.15) is 6.61 Å². The maximum Gasteiger partial charge on any atom is 0.221 e. The molecule has 2 N–H and O–H groups in total. The van der Waals surface area contributed by atoms with Crippen LogP contribution in [-0.2, 0) is 17.9 Å². The van der Waals surface area contributed by atoms with Gasteiger partial charge in [-0.3, -0.25) is 4.79 Å². The summed E-state index contributed by atoms with van der Waals surface area (Å²) in [5.41, 5.74) is 3.63. The zero-order valence-corrected chi connectivity index (χ0v) is 17.1. The van der Waals surface area contributed by atoms with Gasteiger partial charge < -0.3 is 20.1 Å². The van der Waals surface area contributed by atoms with E-state index in [0.717, 1.165) is 22.5 Å². The normalized spacial score (nSPS) is 10.3. The lowest BCUT2D eigenvalue weighted by atomic mass is 10.2. The van der Waals surface area contributed by atoms with Crippen molar-refractivity contribution in [1.82, 2.24) is 0 Å². The maximum absolute atomic E-state index is 11.1. The lowest BCUT2D eigenvalue weighted by Crippen LogP contribution is -2.06. The van der Waals surface area contributed by atoms with Crippen LogP contribution in [0.5, 0.6) is 11.5 Å². The number of benzene rings is 3. The fourth-order valence-corrected chi connectivity index (χ4v) is 3.01. The van der Waals surface area contributed by atoms with Crippen LogP contribution < -0.4 is 20.1 Å². The van der Waals surface area contributed by atoms with E-state index in [9.17, 15) is 4.79 Å². The van der Waals surface area contributed by atoms with Crippen molar-refractivity contribution in [2.45, 2.75) is 20.1 Å². The molecule has 0 aliphatic rings. The first-order valence-corrected chi connectivity index (χ1v) is 9.57. The van der Waals surface area contributed by atoms with E-state index in [-0.39, 0.29) is 5.91 Å². The molecule has 0 radical (unpaired) electrons. The number of hydrogen-bond acceptors (Lipinski definition) is 4. The first-order valence-electron chi connectivity index (χ1n) is 9.20. The van der Waals surface area contributed by atoms with Crippen LogP contribution in [0.25, 0.3) is 0 Å². The highest BCUT2D eigenvalue weighted by atomic mass is 35.5. The van der Waals surface area contributed by atoms with Crippen LogP contribution in [0, 0.1) is 0 Å². The summed E-state index contributed by atoms with van der Waals surface area (Å²) in [5.74, 6) is 1.13. The van der Waals surface area contributed by atoms with Crippen molar-refractivity contribution < 1.29 is 14.3 Å². The number of carbonyl (C=O) groups excluding carboxylic acids is 1. The molecule has 0 bridgehead atoms. The first-order chi connectivity index (χ1) is 14.0. The standard InChI is InChI=1S/C23H23ClN2O3/c1-16(27)26-20-10-8-19(9-11-20)25-14-18-12-22(28-2)23(13-21(18)24)29-15-17-6-4-3-5-7-17/h3-13,25H,14-15H2,1-2H3,(H,26,27). The minimum Gasteiger partial charge on any atom is -0.493 e. The summed E-state index contributed by atoms with van der Waals surface area (Å²) in [6, 6.07) is 21.0. The molecule has 3 aromatic carbocycles. The highest BCUT2D eigenvalue weighted by Crippen LogP contribution is 2.34. The summed E-state index contributed by atoms with van der Waals surface area (Å²) in [6.45, 7) is 2.44. The Kier molecular flexibility index (Phi) is 6.98. The van der Waals surface area contributed by atoms with E-state index in [2.05, 4.69) is 10.6 Å². The number of amides is 1. The molecule has 1 amide bonds. The van der Waals surface area contributed by atoms with Crippen molar-refractivity contribution in [2.75, 3.05) is 17.7 Å². The van der Waals surface area contributed by atoms with Gasteiger partial charge in [-0.2, -0.15) is 0 Å². The highest BCUT2D eigenvalue weighted by molar-refractivity contribution is 6.31. The summed E-state index contributed by atoms with van der Waals surface area (Å²) in [4.78, 5) is 11.1. The number of carbonyl (C=O) groups is 1. The van der Waals surface area contributed by atoms with E-state index in [1.54, 1.807) is 13.2 Å². The molecule has 0 aromatic heterocycles. The van der Waals surface area contributed by atoms with E-state index in [4.69, 9.17) is 21.1 Å². The molecule has 0 atom stereocenters. The van der Waals surface area contributed by atoms with Gasteiger partial charge in [0, 0.05) is 35.9 Å². The highest BCUT2D eigenvalue weighted by Gasteiger charge is 2.11. The molecule has 6 heteroatoms. The molecule has 0 unspecified atom stereocenters. The molecule has 0 spiro atoms. The summed E-state index contributed by atoms with van der Waals surface area (Å²) in [5, 5.41) is 6.65. The van der Waals surface area contributed by atoms with Gasteiger partial charge in [-0.05, 0) is 41.5 Å². The Morgan fingerprint density at radius 1 is 0.966 bits per heavy atom. The molecule has 0 heterocycles. The second kappa shape index (κ2) is 9.85. The number of methoxy groups -OCH3 is 1. The average Bonchev–Trinajstić information content (AvgIpc) is 2.73. The summed E-state index contributed by atoms with van der Waals surface area (Å²) in [7, 11) is 1.61. The lowest BCUT2D eigenvalue weighted by molar-refractivity contribution is -0.114. The molecule has 0 fully saturated rings. The van der Waals surface area contributed by atoms with E-state index in [0.29, 0.717) is 29.7 Å². The zero-order chi connectivity index (χ0) is 20.6. The quantitative estimate of drug-likeness (QED) is 0.515. The number of anilines is 2. The van der Waals surface area contributed by atoms with E-state index in [1.165, 1.54) is 6.92 Å². The minimum atomic E-state index is -0.0980. The third-order valence-electron chi connectivity index (χ3n) is 4.26. The van der Waals surface area contributed by atoms with E-state index in [1.807, 2.05) is 60.7 Å². The number of halogens is 1. The minimum absolute atomic E-state index is 0.0980. The Bertz CT molecular complexity index is 960. The van der Waals surface area contributed by atoms with Crippen molar-refractivity contribution in [3.63, 3.8) is 0 Å². The van der Waals surface area contributed by atoms with Crippen molar-refractivity contribution >= 4 is 28.9 Å². The zero-order valence-electron chi connectivity index (χ0n) is 16.4.